The van der Waals surface area contributed by atoms with Crippen LogP contribution in [0.3, 0.4) is 0 Å². The maximum Gasteiger partial charge on any atom is 0.241 e. The van der Waals surface area contributed by atoms with Gasteiger partial charge in [-0.1, -0.05) is 13.8 Å². The minimum Gasteiger partial charge on any atom is -0.325 e. The van der Waals surface area contributed by atoms with Crippen LogP contribution >= 0.6 is 0 Å². The maximum atomic E-state index is 12.0. The second kappa shape index (κ2) is 6.26. The highest BCUT2D eigenvalue weighted by Gasteiger charge is 2.23. The standard InChI is InChI=1S/C16H23N3O2/c1-10(2)15(17)16(21)18-12-6-7-13(11(3)9-12)19-8-4-5-14(19)20/h6-7,9-10,15H,4-5,8,17H2,1-3H3,(H,18,21)/t15-/m1/s1. The van der Waals surface area contributed by atoms with Crippen molar-refractivity contribution in [2.45, 2.75) is 39.7 Å². The van der Waals surface area contributed by atoms with Gasteiger partial charge in [0.2, 0.25) is 11.8 Å². The monoisotopic (exact) mass is 289 g/mol. The van der Waals surface area contributed by atoms with E-state index in [1.807, 2.05) is 39.0 Å². The summed E-state index contributed by atoms with van der Waals surface area (Å²) in [5, 5.41) is 2.83. The molecule has 1 fully saturated rings. The van der Waals surface area contributed by atoms with Crippen LogP contribution in [-0.4, -0.2) is 24.4 Å². The predicted octanol–water partition coefficient (Wildman–Crippen LogP) is 2.04. The highest BCUT2D eigenvalue weighted by Crippen LogP contribution is 2.27. The highest BCUT2D eigenvalue weighted by atomic mass is 16.2. The van der Waals surface area contributed by atoms with Crippen molar-refractivity contribution in [2.75, 3.05) is 16.8 Å². The molecule has 114 valence electrons. The minimum atomic E-state index is -0.523. The summed E-state index contributed by atoms with van der Waals surface area (Å²) in [7, 11) is 0. The molecule has 2 rings (SSSR count). The van der Waals surface area contributed by atoms with Crippen molar-refractivity contribution >= 4 is 23.2 Å². The number of nitrogens with zero attached hydrogens (tertiary/aromatic N) is 1. The van der Waals surface area contributed by atoms with Crippen LogP contribution in [0.4, 0.5) is 11.4 Å². The molecule has 3 N–H and O–H groups in total. The van der Waals surface area contributed by atoms with Gasteiger partial charge in [-0.25, -0.2) is 0 Å². The number of nitrogens with one attached hydrogen (secondary N) is 1. The van der Waals surface area contributed by atoms with Crippen molar-refractivity contribution in [3.05, 3.63) is 23.8 Å². The Kier molecular flexibility index (Phi) is 4.63. The summed E-state index contributed by atoms with van der Waals surface area (Å²) in [6, 6.07) is 5.06. The summed E-state index contributed by atoms with van der Waals surface area (Å²) in [5.74, 6) is 0.0682. The van der Waals surface area contributed by atoms with Gasteiger partial charge in [-0.3, -0.25) is 9.59 Å². The molecule has 0 spiro atoms. The minimum absolute atomic E-state index is 0.0904. The molecule has 1 atom stereocenters. The summed E-state index contributed by atoms with van der Waals surface area (Å²) >= 11 is 0. The lowest BCUT2D eigenvalue weighted by molar-refractivity contribution is -0.118. The fourth-order valence-corrected chi connectivity index (χ4v) is 2.47. The lowest BCUT2D eigenvalue weighted by Crippen LogP contribution is -2.39. The van der Waals surface area contributed by atoms with Crippen LogP contribution in [0, 0.1) is 12.8 Å². The van der Waals surface area contributed by atoms with Crippen molar-refractivity contribution in [3.8, 4) is 0 Å². The van der Waals surface area contributed by atoms with Crippen LogP contribution in [0.2, 0.25) is 0 Å². The molecule has 5 nitrogen and oxygen atoms in total. The molecular formula is C16H23N3O2. The third kappa shape index (κ3) is 3.42. The van der Waals surface area contributed by atoms with Crippen LogP contribution in [0.15, 0.2) is 18.2 Å². The van der Waals surface area contributed by atoms with Gasteiger partial charge in [-0.2, -0.15) is 0 Å². The molecular weight excluding hydrogens is 266 g/mol. The molecule has 1 aliphatic rings. The van der Waals surface area contributed by atoms with E-state index in [0.717, 1.165) is 24.2 Å². The average molecular weight is 289 g/mol. The zero-order valence-corrected chi connectivity index (χ0v) is 12.8. The Balaban J connectivity index is 2.12. The zero-order valence-electron chi connectivity index (χ0n) is 12.8. The van der Waals surface area contributed by atoms with Crippen LogP contribution in [0.25, 0.3) is 0 Å². The first kappa shape index (κ1) is 15.5. The normalized spacial score (nSPS) is 16.4. The molecule has 1 aromatic carbocycles. The van der Waals surface area contributed by atoms with Crippen LogP contribution in [-0.2, 0) is 9.59 Å². The van der Waals surface area contributed by atoms with Gasteiger partial charge in [0.25, 0.3) is 0 Å². The number of nitrogens with two attached hydrogens (primary N) is 1. The molecule has 1 aliphatic heterocycles. The Morgan fingerprint density at radius 3 is 2.62 bits per heavy atom. The van der Waals surface area contributed by atoms with Gasteiger partial charge in [-0.05, 0) is 43.0 Å². The Morgan fingerprint density at radius 1 is 1.38 bits per heavy atom. The number of rotatable bonds is 4. The van der Waals surface area contributed by atoms with Crippen molar-refractivity contribution in [3.63, 3.8) is 0 Å². The van der Waals surface area contributed by atoms with E-state index >= 15 is 0 Å². The van der Waals surface area contributed by atoms with Gasteiger partial charge in [0, 0.05) is 24.3 Å². The first-order chi connectivity index (χ1) is 9.90. The molecule has 1 aromatic rings. The van der Waals surface area contributed by atoms with E-state index in [0.29, 0.717) is 12.1 Å². The number of benzene rings is 1. The maximum absolute atomic E-state index is 12.0. The number of amides is 2. The summed E-state index contributed by atoms with van der Waals surface area (Å²) in [6.45, 7) is 6.54. The molecule has 0 radical (unpaired) electrons. The number of hydrogen-bond acceptors (Lipinski definition) is 3. The SMILES string of the molecule is Cc1cc(NC(=O)[C@H](N)C(C)C)ccc1N1CCCC1=O. The number of hydrogen-bond donors (Lipinski definition) is 2. The molecule has 0 unspecified atom stereocenters. The molecule has 0 aliphatic carbocycles. The molecule has 0 aromatic heterocycles. The topological polar surface area (TPSA) is 75.4 Å². The Bertz CT molecular complexity index is 554. The van der Waals surface area contributed by atoms with Gasteiger partial charge >= 0.3 is 0 Å². The molecule has 21 heavy (non-hydrogen) atoms. The Hall–Kier alpha value is -1.88. The second-order valence-corrected chi connectivity index (χ2v) is 5.91. The molecule has 2 amide bonds. The number of anilines is 2. The second-order valence-electron chi connectivity index (χ2n) is 5.91. The van der Waals surface area contributed by atoms with E-state index in [1.54, 1.807) is 4.90 Å². The molecule has 1 heterocycles. The third-order valence-corrected chi connectivity index (χ3v) is 3.85. The quantitative estimate of drug-likeness (QED) is 0.890. The lowest BCUT2D eigenvalue weighted by atomic mass is 10.0. The number of aryl methyl sites for hydroxylation is 1. The van der Waals surface area contributed by atoms with E-state index in [-0.39, 0.29) is 17.7 Å². The van der Waals surface area contributed by atoms with Crippen molar-refractivity contribution < 1.29 is 9.59 Å². The first-order valence-corrected chi connectivity index (χ1v) is 7.37. The van der Waals surface area contributed by atoms with Gasteiger partial charge in [-0.15, -0.1) is 0 Å². The van der Waals surface area contributed by atoms with E-state index < -0.39 is 6.04 Å². The lowest BCUT2D eigenvalue weighted by Gasteiger charge is -2.20. The number of carbonyl (C=O) groups is 2. The fourth-order valence-electron chi connectivity index (χ4n) is 2.47. The van der Waals surface area contributed by atoms with Crippen LogP contribution in [0.1, 0.15) is 32.3 Å². The van der Waals surface area contributed by atoms with E-state index in [2.05, 4.69) is 5.32 Å². The smallest absolute Gasteiger partial charge is 0.241 e. The van der Waals surface area contributed by atoms with Gasteiger partial charge in [0.1, 0.15) is 0 Å². The van der Waals surface area contributed by atoms with Crippen molar-refractivity contribution in [1.29, 1.82) is 0 Å². The summed E-state index contributed by atoms with van der Waals surface area (Å²) in [6.07, 6.45) is 1.52. The van der Waals surface area contributed by atoms with E-state index in [4.69, 9.17) is 5.73 Å². The van der Waals surface area contributed by atoms with E-state index in [1.165, 1.54) is 0 Å². The van der Waals surface area contributed by atoms with Crippen molar-refractivity contribution in [1.82, 2.24) is 0 Å². The van der Waals surface area contributed by atoms with Crippen LogP contribution < -0.4 is 16.0 Å². The van der Waals surface area contributed by atoms with Gasteiger partial charge < -0.3 is 16.0 Å². The molecule has 5 heteroatoms. The number of carbonyl (C=O) groups excluding carboxylic acids is 2. The fraction of sp³-hybridized carbons (Fsp3) is 0.500. The first-order valence-electron chi connectivity index (χ1n) is 7.37. The van der Waals surface area contributed by atoms with Gasteiger partial charge in [0.05, 0.1) is 6.04 Å². The molecule has 1 saturated heterocycles. The third-order valence-electron chi connectivity index (χ3n) is 3.85. The highest BCUT2D eigenvalue weighted by molar-refractivity contribution is 5.97. The molecule has 0 bridgehead atoms. The molecule has 0 saturated carbocycles. The predicted molar refractivity (Wildman–Crippen MR) is 84.2 cm³/mol. The summed E-state index contributed by atoms with van der Waals surface area (Å²) in [5.41, 5.74) is 8.43. The largest absolute Gasteiger partial charge is 0.325 e. The Morgan fingerprint density at radius 2 is 2.10 bits per heavy atom. The van der Waals surface area contributed by atoms with Crippen molar-refractivity contribution in [2.24, 2.45) is 11.7 Å². The van der Waals surface area contributed by atoms with Crippen LogP contribution in [0.5, 0.6) is 0 Å². The van der Waals surface area contributed by atoms with Gasteiger partial charge in [0.15, 0.2) is 0 Å². The zero-order chi connectivity index (χ0) is 15.6. The average Bonchev–Trinajstić information content (AvgIpc) is 2.84. The van der Waals surface area contributed by atoms with E-state index in [9.17, 15) is 9.59 Å². The Labute approximate surface area is 125 Å². The summed E-state index contributed by atoms with van der Waals surface area (Å²) in [4.78, 5) is 25.6. The summed E-state index contributed by atoms with van der Waals surface area (Å²) < 4.78 is 0.